The smallest absolute Gasteiger partial charge is 0.290 e. The highest BCUT2D eigenvalue weighted by molar-refractivity contribution is 8.18. The van der Waals surface area contributed by atoms with E-state index in [0.717, 1.165) is 34.2 Å². The number of ether oxygens (including phenoxy) is 2. The number of hydrogen-bond acceptors (Lipinski definition) is 5. The Morgan fingerprint density at radius 1 is 0.828 bits per heavy atom. The predicted molar refractivity (Wildman–Crippen MR) is 114 cm³/mol. The molecule has 0 aliphatic carbocycles. The third-order valence-corrected chi connectivity index (χ3v) is 5.10. The zero-order valence-electron chi connectivity index (χ0n) is 15.5. The first-order valence-corrected chi connectivity index (χ1v) is 9.70. The quantitative estimate of drug-likeness (QED) is 0.572. The van der Waals surface area contributed by atoms with Crippen LogP contribution in [0.15, 0.2) is 77.7 Å². The first-order chi connectivity index (χ1) is 14.1. The Morgan fingerprint density at radius 3 is 2.24 bits per heavy atom. The molecule has 0 spiro atoms. The molecular weight excluding hydrogens is 386 g/mol. The number of thioether (sulfide) groups is 1. The molecule has 1 N–H and O–H groups in total. The van der Waals surface area contributed by atoms with Crippen LogP contribution in [-0.4, -0.2) is 18.3 Å². The summed E-state index contributed by atoms with van der Waals surface area (Å²) in [6.07, 6.45) is 1.67. The Bertz CT molecular complexity index is 1110. The molecule has 144 valence electrons. The van der Waals surface area contributed by atoms with E-state index in [1.807, 2.05) is 72.8 Å². The standard InChI is InChI=1S/C23H17NO4S/c1-27-18-10-8-16(9-11-18)17-5-3-7-20(14-17)28-19-6-2-4-15(12-19)13-21-22(25)24-23(26)29-21/h2-14H,1H3,(H,24,25,26). The highest BCUT2D eigenvalue weighted by atomic mass is 32.2. The third-order valence-electron chi connectivity index (χ3n) is 4.29. The van der Waals surface area contributed by atoms with Crippen molar-refractivity contribution in [2.45, 2.75) is 0 Å². The molecular formula is C23H17NO4S. The minimum atomic E-state index is -0.376. The third kappa shape index (κ3) is 4.50. The van der Waals surface area contributed by atoms with Gasteiger partial charge in [-0.25, -0.2) is 0 Å². The summed E-state index contributed by atoms with van der Waals surface area (Å²) in [5, 5.41) is 1.89. The van der Waals surface area contributed by atoms with Gasteiger partial charge in [-0.2, -0.15) is 0 Å². The fourth-order valence-corrected chi connectivity index (χ4v) is 3.58. The number of amides is 2. The first kappa shape index (κ1) is 18.8. The summed E-state index contributed by atoms with van der Waals surface area (Å²) < 4.78 is 11.2. The summed E-state index contributed by atoms with van der Waals surface area (Å²) >= 11 is 0.892. The Kier molecular flexibility index (Phi) is 5.35. The van der Waals surface area contributed by atoms with Gasteiger partial charge in [0.1, 0.15) is 17.2 Å². The maximum Gasteiger partial charge on any atom is 0.290 e. The van der Waals surface area contributed by atoms with Crippen molar-refractivity contribution in [3.05, 3.63) is 83.3 Å². The van der Waals surface area contributed by atoms with Crippen LogP contribution in [0.2, 0.25) is 0 Å². The molecule has 4 rings (SSSR count). The average molecular weight is 403 g/mol. The molecule has 1 aliphatic rings. The molecule has 1 fully saturated rings. The van der Waals surface area contributed by atoms with E-state index in [4.69, 9.17) is 9.47 Å². The average Bonchev–Trinajstić information content (AvgIpc) is 3.05. The van der Waals surface area contributed by atoms with Gasteiger partial charge in [-0.05, 0) is 70.9 Å². The van der Waals surface area contributed by atoms with Crippen molar-refractivity contribution >= 4 is 29.0 Å². The molecule has 3 aromatic rings. The highest BCUT2D eigenvalue weighted by Crippen LogP contribution is 2.30. The van der Waals surface area contributed by atoms with Gasteiger partial charge in [-0.1, -0.05) is 36.4 Å². The van der Waals surface area contributed by atoms with E-state index < -0.39 is 0 Å². The summed E-state index contributed by atoms with van der Waals surface area (Å²) in [4.78, 5) is 23.4. The fourth-order valence-electron chi connectivity index (χ4n) is 2.90. The maximum atomic E-state index is 11.7. The fraction of sp³-hybridized carbons (Fsp3) is 0.0435. The van der Waals surface area contributed by atoms with Crippen LogP contribution in [0.25, 0.3) is 17.2 Å². The maximum absolute atomic E-state index is 11.7. The SMILES string of the molecule is COc1ccc(-c2cccc(Oc3cccc(C=C4SC(=O)NC4=O)c3)c2)cc1. The Labute approximate surface area is 172 Å². The first-order valence-electron chi connectivity index (χ1n) is 8.88. The van der Waals surface area contributed by atoms with Crippen molar-refractivity contribution in [2.24, 2.45) is 0 Å². The van der Waals surface area contributed by atoms with Gasteiger partial charge < -0.3 is 9.47 Å². The van der Waals surface area contributed by atoms with Crippen LogP contribution in [0.5, 0.6) is 17.2 Å². The molecule has 29 heavy (non-hydrogen) atoms. The van der Waals surface area contributed by atoms with Crippen LogP contribution >= 0.6 is 11.8 Å². The number of carbonyl (C=O) groups is 2. The summed E-state index contributed by atoms with van der Waals surface area (Å²) in [7, 11) is 1.64. The molecule has 2 amide bonds. The summed E-state index contributed by atoms with van der Waals surface area (Å²) in [6.45, 7) is 0. The van der Waals surface area contributed by atoms with Crippen LogP contribution in [0.4, 0.5) is 4.79 Å². The van der Waals surface area contributed by atoms with E-state index in [2.05, 4.69) is 5.32 Å². The Balaban J connectivity index is 1.54. The van der Waals surface area contributed by atoms with E-state index in [-0.39, 0.29) is 11.1 Å². The molecule has 5 nitrogen and oxygen atoms in total. The van der Waals surface area contributed by atoms with Crippen LogP contribution in [0, 0.1) is 0 Å². The minimum absolute atomic E-state index is 0.357. The lowest BCUT2D eigenvalue weighted by Gasteiger charge is -2.09. The monoisotopic (exact) mass is 403 g/mol. The van der Waals surface area contributed by atoms with Crippen LogP contribution in [-0.2, 0) is 4.79 Å². The second-order valence-corrected chi connectivity index (χ2v) is 7.30. The van der Waals surface area contributed by atoms with E-state index in [0.29, 0.717) is 16.4 Å². The molecule has 0 atom stereocenters. The molecule has 0 saturated carbocycles. The Morgan fingerprint density at radius 2 is 1.55 bits per heavy atom. The molecule has 6 heteroatoms. The Hall–Kier alpha value is -3.51. The van der Waals surface area contributed by atoms with E-state index in [1.54, 1.807) is 13.2 Å². The largest absolute Gasteiger partial charge is 0.497 e. The van der Waals surface area contributed by atoms with Crippen molar-refractivity contribution in [3.8, 4) is 28.4 Å². The number of benzene rings is 3. The molecule has 1 aliphatic heterocycles. The molecule has 1 saturated heterocycles. The summed E-state index contributed by atoms with van der Waals surface area (Å²) in [5.41, 5.74) is 2.87. The number of methoxy groups -OCH3 is 1. The highest BCUT2D eigenvalue weighted by Gasteiger charge is 2.24. The lowest BCUT2D eigenvalue weighted by atomic mass is 10.1. The molecule has 0 bridgehead atoms. The van der Waals surface area contributed by atoms with Gasteiger partial charge in [-0.15, -0.1) is 0 Å². The second kappa shape index (κ2) is 8.24. The molecule has 0 unspecified atom stereocenters. The van der Waals surface area contributed by atoms with Crippen molar-refractivity contribution in [3.63, 3.8) is 0 Å². The lowest BCUT2D eigenvalue weighted by Crippen LogP contribution is -2.17. The molecule has 3 aromatic carbocycles. The van der Waals surface area contributed by atoms with Gasteiger partial charge in [0.15, 0.2) is 0 Å². The molecule has 1 heterocycles. The van der Waals surface area contributed by atoms with E-state index in [9.17, 15) is 9.59 Å². The second-order valence-electron chi connectivity index (χ2n) is 6.28. The van der Waals surface area contributed by atoms with Crippen molar-refractivity contribution in [1.82, 2.24) is 5.32 Å². The zero-order chi connectivity index (χ0) is 20.2. The lowest BCUT2D eigenvalue weighted by molar-refractivity contribution is -0.115. The van der Waals surface area contributed by atoms with Crippen LogP contribution in [0.1, 0.15) is 5.56 Å². The van der Waals surface area contributed by atoms with Gasteiger partial charge in [0.2, 0.25) is 0 Å². The number of nitrogens with one attached hydrogen (secondary N) is 1. The number of hydrogen-bond donors (Lipinski definition) is 1. The van der Waals surface area contributed by atoms with Crippen molar-refractivity contribution < 1.29 is 19.1 Å². The van der Waals surface area contributed by atoms with Crippen LogP contribution in [0.3, 0.4) is 0 Å². The minimum Gasteiger partial charge on any atom is -0.497 e. The van der Waals surface area contributed by atoms with Gasteiger partial charge in [0.25, 0.3) is 11.1 Å². The summed E-state index contributed by atoms with van der Waals surface area (Å²) in [6, 6.07) is 23.0. The van der Waals surface area contributed by atoms with Gasteiger partial charge >= 0.3 is 0 Å². The van der Waals surface area contributed by atoms with E-state index in [1.165, 1.54) is 0 Å². The predicted octanol–water partition coefficient (Wildman–Crippen LogP) is 5.48. The van der Waals surface area contributed by atoms with Gasteiger partial charge in [0, 0.05) is 0 Å². The van der Waals surface area contributed by atoms with E-state index >= 15 is 0 Å². The number of carbonyl (C=O) groups excluding carboxylic acids is 2. The number of imide groups is 1. The van der Waals surface area contributed by atoms with Crippen molar-refractivity contribution in [1.29, 1.82) is 0 Å². The molecule has 0 aromatic heterocycles. The molecule has 0 radical (unpaired) electrons. The van der Waals surface area contributed by atoms with Gasteiger partial charge in [-0.3, -0.25) is 14.9 Å². The summed E-state index contributed by atoms with van der Waals surface area (Å²) in [5.74, 6) is 1.77. The van der Waals surface area contributed by atoms with Crippen LogP contribution < -0.4 is 14.8 Å². The number of rotatable bonds is 5. The van der Waals surface area contributed by atoms with Crippen molar-refractivity contribution in [2.75, 3.05) is 7.11 Å². The zero-order valence-corrected chi connectivity index (χ0v) is 16.4. The topological polar surface area (TPSA) is 64.6 Å². The van der Waals surface area contributed by atoms with Gasteiger partial charge in [0.05, 0.1) is 12.0 Å². The normalized spacial score (nSPS) is 14.7.